The van der Waals surface area contributed by atoms with E-state index in [9.17, 15) is 27.9 Å². The van der Waals surface area contributed by atoms with E-state index in [1.807, 2.05) is 0 Å². The lowest BCUT2D eigenvalue weighted by Crippen LogP contribution is -2.57. The van der Waals surface area contributed by atoms with E-state index in [-0.39, 0.29) is 36.6 Å². The molecule has 0 aliphatic carbocycles. The SMILES string of the molecule is CC(C)(C)OC(=O)CN1CCCN(C2CCN(C(=O)[C@H](O)CS(=O)(=O)c3ccc4cc(Cl)ccc4c3)CC2)C1=O. The molecule has 12 heteroatoms. The van der Waals surface area contributed by atoms with Crippen LogP contribution in [0.1, 0.15) is 40.0 Å². The van der Waals surface area contributed by atoms with Gasteiger partial charge in [-0.3, -0.25) is 9.59 Å². The second kappa shape index (κ2) is 11.9. The van der Waals surface area contributed by atoms with E-state index in [1.54, 1.807) is 49.9 Å². The van der Waals surface area contributed by atoms with E-state index in [0.717, 1.165) is 5.39 Å². The molecule has 0 radical (unpaired) electrons. The van der Waals surface area contributed by atoms with Crippen LogP contribution < -0.4 is 0 Å². The molecule has 4 rings (SSSR count). The van der Waals surface area contributed by atoms with Gasteiger partial charge in [0, 0.05) is 37.2 Å². The van der Waals surface area contributed by atoms with E-state index in [2.05, 4.69) is 0 Å². The van der Waals surface area contributed by atoms with Crippen LogP contribution in [-0.2, 0) is 24.2 Å². The van der Waals surface area contributed by atoms with Crippen molar-refractivity contribution in [2.24, 2.45) is 0 Å². The first-order chi connectivity index (χ1) is 18.7. The van der Waals surface area contributed by atoms with Crippen molar-refractivity contribution in [3.05, 3.63) is 41.4 Å². The van der Waals surface area contributed by atoms with Crippen LogP contribution in [0, 0.1) is 0 Å². The lowest BCUT2D eigenvalue weighted by molar-refractivity contribution is -0.155. The summed E-state index contributed by atoms with van der Waals surface area (Å²) >= 11 is 6.00. The van der Waals surface area contributed by atoms with Crippen LogP contribution >= 0.6 is 11.6 Å². The molecule has 0 saturated carbocycles. The number of hydrogen-bond donors (Lipinski definition) is 1. The number of aliphatic hydroxyl groups is 1. The number of piperidine rings is 1. The number of nitrogens with zero attached hydrogens (tertiary/aromatic N) is 3. The second-order valence-electron chi connectivity index (χ2n) is 11.3. The molecular formula is C28H36ClN3O7S. The minimum atomic E-state index is -3.93. The largest absolute Gasteiger partial charge is 0.459 e. The molecule has 2 aliphatic rings. The first-order valence-electron chi connectivity index (χ1n) is 13.4. The number of sulfone groups is 1. The Balaban J connectivity index is 1.32. The number of amides is 3. The minimum Gasteiger partial charge on any atom is -0.459 e. The number of fused-ring (bicyclic) bond motifs is 1. The third-order valence-corrected chi connectivity index (χ3v) is 9.06. The highest BCUT2D eigenvalue weighted by atomic mass is 35.5. The van der Waals surface area contributed by atoms with Crippen LogP contribution in [0.15, 0.2) is 41.3 Å². The van der Waals surface area contributed by atoms with Gasteiger partial charge in [-0.1, -0.05) is 23.7 Å². The Kier molecular flexibility index (Phi) is 8.96. The first-order valence-corrected chi connectivity index (χ1v) is 15.4. The number of urea groups is 1. The Morgan fingerprint density at radius 3 is 2.38 bits per heavy atom. The molecule has 2 heterocycles. The summed E-state index contributed by atoms with van der Waals surface area (Å²) in [6.45, 7) is 6.80. The summed E-state index contributed by atoms with van der Waals surface area (Å²) in [5.74, 6) is -1.83. The van der Waals surface area contributed by atoms with E-state index in [0.29, 0.717) is 42.8 Å². The van der Waals surface area contributed by atoms with E-state index in [4.69, 9.17) is 16.3 Å². The smallest absolute Gasteiger partial charge is 0.326 e. The summed E-state index contributed by atoms with van der Waals surface area (Å²) in [5.41, 5.74) is -0.636. The average molecular weight is 594 g/mol. The third kappa shape index (κ3) is 7.24. The fraction of sp³-hybridized carbons (Fsp3) is 0.536. The number of hydrogen-bond acceptors (Lipinski definition) is 7. The van der Waals surface area contributed by atoms with Gasteiger partial charge in [-0.15, -0.1) is 0 Å². The lowest BCUT2D eigenvalue weighted by Gasteiger charge is -2.43. The van der Waals surface area contributed by atoms with Crippen molar-refractivity contribution in [1.82, 2.24) is 14.7 Å². The minimum absolute atomic E-state index is 0.0208. The molecular weight excluding hydrogens is 558 g/mol. The fourth-order valence-corrected chi connectivity index (χ4v) is 6.71. The Bertz CT molecular complexity index is 1380. The number of ether oxygens (including phenoxy) is 1. The van der Waals surface area contributed by atoms with Crippen molar-refractivity contribution < 1.29 is 32.6 Å². The summed E-state index contributed by atoms with van der Waals surface area (Å²) in [4.78, 5) is 43.0. The topological polar surface area (TPSA) is 125 Å². The molecule has 2 aromatic rings. The highest BCUT2D eigenvalue weighted by molar-refractivity contribution is 7.91. The van der Waals surface area contributed by atoms with Gasteiger partial charge in [0.25, 0.3) is 5.91 Å². The maximum atomic E-state index is 13.1. The van der Waals surface area contributed by atoms with Crippen LogP contribution in [0.3, 0.4) is 0 Å². The molecule has 218 valence electrons. The average Bonchev–Trinajstić information content (AvgIpc) is 2.88. The fourth-order valence-electron chi connectivity index (χ4n) is 5.19. The predicted molar refractivity (Wildman–Crippen MR) is 151 cm³/mol. The number of carbonyl (C=O) groups is 3. The second-order valence-corrected chi connectivity index (χ2v) is 13.8. The Labute approximate surface area is 239 Å². The highest BCUT2D eigenvalue weighted by Crippen LogP contribution is 2.25. The van der Waals surface area contributed by atoms with E-state index >= 15 is 0 Å². The summed E-state index contributed by atoms with van der Waals surface area (Å²) < 4.78 is 31.3. The summed E-state index contributed by atoms with van der Waals surface area (Å²) in [5, 5.41) is 12.6. The van der Waals surface area contributed by atoms with Crippen LogP contribution in [0.2, 0.25) is 5.02 Å². The Morgan fingerprint density at radius 1 is 1.05 bits per heavy atom. The van der Waals surface area contributed by atoms with Gasteiger partial charge in [0.15, 0.2) is 9.84 Å². The van der Waals surface area contributed by atoms with Gasteiger partial charge in [-0.05, 0) is 75.1 Å². The van der Waals surface area contributed by atoms with Crippen molar-refractivity contribution in [2.75, 3.05) is 38.5 Å². The van der Waals surface area contributed by atoms with Gasteiger partial charge >= 0.3 is 12.0 Å². The monoisotopic (exact) mass is 593 g/mol. The zero-order chi connectivity index (χ0) is 29.2. The van der Waals surface area contributed by atoms with Crippen LogP contribution in [0.5, 0.6) is 0 Å². The van der Waals surface area contributed by atoms with Gasteiger partial charge in [0.05, 0.1) is 10.6 Å². The van der Waals surface area contributed by atoms with Gasteiger partial charge in [0.2, 0.25) is 0 Å². The molecule has 1 N–H and O–H groups in total. The van der Waals surface area contributed by atoms with Gasteiger partial charge in [-0.25, -0.2) is 13.2 Å². The van der Waals surface area contributed by atoms with Gasteiger partial charge in [-0.2, -0.15) is 0 Å². The van der Waals surface area contributed by atoms with Gasteiger partial charge < -0.3 is 24.5 Å². The van der Waals surface area contributed by atoms with Crippen molar-refractivity contribution in [1.29, 1.82) is 0 Å². The number of likely N-dealkylation sites (tertiary alicyclic amines) is 1. The Hall–Kier alpha value is -2.89. The third-order valence-electron chi connectivity index (χ3n) is 7.10. The molecule has 2 fully saturated rings. The van der Waals surface area contributed by atoms with Crippen LogP contribution in [0.25, 0.3) is 10.8 Å². The zero-order valence-corrected chi connectivity index (χ0v) is 24.6. The maximum absolute atomic E-state index is 13.1. The normalized spacial score (nSPS) is 18.2. The number of rotatable bonds is 7. The number of carbonyl (C=O) groups excluding carboxylic acids is 3. The predicted octanol–water partition coefficient (Wildman–Crippen LogP) is 3.09. The number of esters is 1. The van der Waals surface area contributed by atoms with Crippen molar-refractivity contribution in [2.45, 2.75) is 62.7 Å². The number of benzene rings is 2. The van der Waals surface area contributed by atoms with Gasteiger partial charge in [0.1, 0.15) is 18.2 Å². The highest BCUT2D eigenvalue weighted by Gasteiger charge is 2.37. The molecule has 1 atom stereocenters. The van der Waals surface area contributed by atoms with Crippen molar-refractivity contribution >= 4 is 50.1 Å². The molecule has 2 aromatic carbocycles. The van der Waals surface area contributed by atoms with Crippen LogP contribution in [0.4, 0.5) is 4.79 Å². The first kappa shape index (κ1) is 30.1. The molecule has 0 bridgehead atoms. The van der Waals surface area contributed by atoms with Crippen molar-refractivity contribution in [3.8, 4) is 0 Å². The molecule has 0 aromatic heterocycles. The van der Waals surface area contributed by atoms with E-state index in [1.165, 1.54) is 21.9 Å². The zero-order valence-electron chi connectivity index (χ0n) is 23.0. The molecule has 2 aliphatic heterocycles. The molecule has 0 unspecified atom stereocenters. The number of aliphatic hydroxyl groups excluding tert-OH is 1. The summed E-state index contributed by atoms with van der Waals surface area (Å²) in [6, 6.07) is 9.35. The van der Waals surface area contributed by atoms with E-state index < -0.39 is 39.2 Å². The summed E-state index contributed by atoms with van der Waals surface area (Å²) in [7, 11) is -3.93. The van der Waals surface area contributed by atoms with Crippen molar-refractivity contribution in [3.63, 3.8) is 0 Å². The van der Waals surface area contributed by atoms with Crippen LogP contribution in [-0.4, -0.2) is 102 Å². The molecule has 3 amide bonds. The number of halogens is 1. The molecule has 10 nitrogen and oxygen atoms in total. The lowest BCUT2D eigenvalue weighted by atomic mass is 10.0. The standard InChI is InChI=1S/C28H36ClN3O7S/c1-28(2,3)39-25(34)17-31-11-4-12-32(27(31)36)22-9-13-30(14-10-22)26(35)24(33)18-40(37,38)23-8-6-19-15-21(29)7-5-20(19)16-23/h5-8,15-16,22,24,33H,4,9-14,17-18H2,1-3H3/t24-/m1/s1. The quantitative estimate of drug-likeness (QED) is 0.489. The Morgan fingerprint density at radius 2 is 1.70 bits per heavy atom. The molecule has 2 saturated heterocycles. The summed E-state index contributed by atoms with van der Waals surface area (Å²) in [6.07, 6.45) is -0.00975. The molecule has 0 spiro atoms. The maximum Gasteiger partial charge on any atom is 0.326 e. The molecule has 40 heavy (non-hydrogen) atoms.